The summed E-state index contributed by atoms with van der Waals surface area (Å²) in [6.45, 7) is 1.91. The molecule has 1 atom stereocenters. The molecule has 16 heavy (non-hydrogen) atoms. The SMILES string of the molecule is CC(N)c1ccnn1C1CCS(=O)(=O)CC1. The Labute approximate surface area is 95.6 Å². The van der Waals surface area contributed by atoms with Gasteiger partial charge in [0.05, 0.1) is 23.2 Å². The van der Waals surface area contributed by atoms with Gasteiger partial charge >= 0.3 is 0 Å². The molecule has 1 unspecified atom stereocenters. The minimum Gasteiger partial charge on any atom is -0.323 e. The smallest absolute Gasteiger partial charge is 0.150 e. The Bertz CT molecular complexity index is 450. The Morgan fingerprint density at radius 1 is 1.50 bits per heavy atom. The van der Waals surface area contributed by atoms with E-state index >= 15 is 0 Å². The molecule has 1 aliphatic heterocycles. The van der Waals surface area contributed by atoms with Crippen molar-refractivity contribution in [2.24, 2.45) is 5.73 Å². The van der Waals surface area contributed by atoms with Crippen molar-refractivity contribution in [1.82, 2.24) is 9.78 Å². The van der Waals surface area contributed by atoms with Gasteiger partial charge in [-0.3, -0.25) is 4.68 Å². The molecule has 1 fully saturated rings. The number of aromatic nitrogens is 2. The van der Waals surface area contributed by atoms with Gasteiger partial charge in [-0.05, 0) is 25.8 Å². The largest absolute Gasteiger partial charge is 0.323 e. The third-order valence-corrected chi connectivity index (χ3v) is 4.75. The Balaban J connectivity index is 2.17. The topological polar surface area (TPSA) is 78.0 Å². The monoisotopic (exact) mass is 243 g/mol. The summed E-state index contributed by atoms with van der Waals surface area (Å²) < 4.78 is 24.5. The van der Waals surface area contributed by atoms with Gasteiger partial charge in [0, 0.05) is 12.2 Å². The van der Waals surface area contributed by atoms with Crippen LogP contribution in [-0.4, -0.2) is 29.7 Å². The second kappa shape index (κ2) is 4.18. The van der Waals surface area contributed by atoms with Gasteiger partial charge in [-0.15, -0.1) is 0 Å². The Morgan fingerprint density at radius 3 is 2.69 bits per heavy atom. The van der Waals surface area contributed by atoms with E-state index in [0.717, 1.165) is 5.69 Å². The van der Waals surface area contributed by atoms with Crippen molar-refractivity contribution in [3.8, 4) is 0 Å². The fourth-order valence-electron chi connectivity index (χ4n) is 2.11. The predicted octanol–water partition coefficient (Wildman–Crippen LogP) is 0.653. The zero-order chi connectivity index (χ0) is 11.8. The van der Waals surface area contributed by atoms with Gasteiger partial charge in [-0.2, -0.15) is 5.10 Å². The second-order valence-corrected chi connectivity index (χ2v) is 6.68. The summed E-state index contributed by atoms with van der Waals surface area (Å²) in [5.74, 6) is 0.520. The lowest BCUT2D eigenvalue weighted by Gasteiger charge is -2.24. The van der Waals surface area contributed by atoms with E-state index in [2.05, 4.69) is 5.10 Å². The molecule has 0 saturated carbocycles. The third-order valence-electron chi connectivity index (χ3n) is 3.04. The van der Waals surface area contributed by atoms with E-state index in [0.29, 0.717) is 12.8 Å². The highest BCUT2D eigenvalue weighted by atomic mass is 32.2. The molecule has 0 spiro atoms. The van der Waals surface area contributed by atoms with E-state index in [9.17, 15) is 8.42 Å². The third kappa shape index (κ3) is 2.27. The molecule has 1 aromatic rings. The highest BCUT2D eigenvalue weighted by Gasteiger charge is 2.26. The lowest BCUT2D eigenvalue weighted by molar-refractivity contribution is 0.395. The van der Waals surface area contributed by atoms with Gasteiger partial charge in [-0.1, -0.05) is 0 Å². The van der Waals surface area contributed by atoms with E-state index in [1.54, 1.807) is 6.20 Å². The van der Waals surface area contributed by atoms with Crippen LogP contribution < -0.4 is 5.73 Å². The summed E-state index contributed by atoms with van der Waals surface area (Å²) in [6, 6.07) is 2.01. The molecule has 0 aliphatic carbocycles. The van der Waals surface area contributed by atoms with Crippen LogP contribution in [0.4, 0.5) is 0 Å². The average Bonchev–Trinajstić information content (AvgIpc) is 2.66. The molecule has 90 valence electrons. The molecule has 1 aromatic heterocycles. The zero-order valence-electron chi connectivity index (χ0n) is 9.33. The summed E-state index contributed by atoms with van der Waals surface area (Å²) in [7, 11) is -2.81. The normalized spacial score (nSPS) is 23.1. The van der Waals surface area contributed by atoms with Crippen LogP contribution in [0.15, 0.2) is 12.3 Å². The summed E-state index contributed by atoms with van der Waals surface area (Å²) in [4.78, 5) is 0. The molecule has 0 amide bonds. The van der Waals surface area contributed by atoms with Crippen LogP contribution in [-0.2, 0) is 9.84 Å². The maximum Gasteiger partial charge on any atom is 0.150 e. The minimum absolute atomic E-state index is 0.0685. The van der Waals surface area contributed by atoms with Gasteiger partial charge in [0.25, 0.3) is 0 Å². The van der Waals surface area contributed by atoms with E-state index in [1.807, 2.05) is 17.7 Å². The number of hydrogen-bond acceptors (Lipinski definition) is 4. The van der Waals surface area contributed by atoms with E-state index < -0.39 is 9.84 Å². The quantitative estimate of drug-likeness (QED) is 0.827. The highest BCUT2D eigenvalue weighted by Crippen LogP contribution is 2.25. The fourth-order valence-corrected chi connectivity index (χ4v) is 3.58. The molecule has 1 saturated heterocycles. The number of sulfone groups is 1. The number of hydrogen-bond donors (Lipinski definition) is 1. The van der Waals surface area contributed by atoms with Crippen LogP contribution in [0.3, 0.4) is 0 Å². The first kappa shape index (κ1) is 11.6. The lowest BCUT2D eigenvalue weighted by atomic mass is 10.1. The average molecular weight is 243 g/mol. The van der Waals surface area contributed by atoms with Gasteiger partial charge in [-0.25, -0.2) is 8.42 Å². The summed E-state index contributed by atoms with van der Waals surface area (Å²) in [5.41, 5.74) is 6.82. The van der Waals surface area contributed by atoms with E-state index in [4.69, 9.17) is 5.73 Å². The van der Waals surface area contributed by atoms with Gasteiger partial charge in [0.15, 0.2) is 0 Å². The molecule has 2 N–H and O–H groups in total. The van der Waals surface area contributed by atoms with Crippen LogP contribution in [0.25, 0.3) is 0 Å². The predicted molar refractivity (Wildman–Crippen MR) is 61.8 cm³/mol. The maximum absolute atomic E-state index is 11.3. The standard InChI is InChI=1S/C10H17N3O2S/c1-8(11)10-2-5-12-13(10)9-3-6-16(14,15)7-4-9/h2,5,8-9H,3-4,6-7,11H2,1H3. The van der Waals surface area contributed by atoms with Crippen LogP contribution >= 0.6 is 0 Å². The van der Waals surface area contributed by atoms with Crippen molar-refractivity contribution in [1.29, 1.82) is 0 Å². The summed E-state index contributed by atoms with van der Waals surface area (Å²) in [6.07, 6.45) is 3.01. The first-order chi connectivity index (χ1) is 7.49. The van der Waals surface area contributed by atoms with E-state index in [1.165, 1.54) is 0 Å². The van der Waals surface area contributed by atoms with Crippen LogP contribution in [0.2, 0.25) is 0 Å². The molecule has 2 rings (SSSR count). The molecule has 2 heterocycles. The molecular formula is C10H17N3O2S. The van der Waals surface area contributed by atoms with Gasteiger partial charge in [0.1, 0.15) is 9.84 Å². The van der Waals surface area contributed by atoms with E-state index in [-0.39, 0.29) is 23.6 Å². The number of nitrogens with two attached hydrogens (primary N) is 1. The van der Waals surface area contributed by atoms with Gasteiger partial charge in [0.2, 0.25) is 0 Å². The van der Waals surface area contributed by atoms with Crippen molar-refractivity contribution in [3.05, 3.63) is 18.0 Å². The fraction of sp³-hybridized carbons (Fsp3) is 0.700. The number of rotatable bonds is 2. The molecule has 1 aliphatic rings. The van der Waals surface area contributed by atoms with Crippen LogP contribution in [0.1, 0.15) is 37.5 Å². The number of nitrogens with zero attached hydrogens (tertiary/aromatic N) is 2. The Hall–Kier alpha value is -0.880. The van der Waals surface area contributed by atoms with Crippen molar-refractivity contribution >= 4 is 9.84 Å². The molecule has 6 heteroatoms. The highest BCUT2D eigenvalue weighted by molar-refractivity contribution is 7.91. The summed E-state index contributed by atoms with van der Waals surface area (Å²) in [5, 5.41) is 4.25. The molecule has 0 aromatic carbocycles. The molecule has 5 nitrogen and oxygen atoms in total. The Morgan fingerprint density at radius 2 is 2.12 bits per heavy atom. The van der Waals surface area contributed by atoms with Crippen molar-refractivity contribution in [2.75, 3.05) is 11.5 Å². The Kier molecular flexibility index (Phi) is 3.03. The molecular weight excluding hydrogens is 226 g/mol. The van der Waals surface area contributed by atoms with Crippen molar-refractivity contribution < 1.29 is 8.42 Å². The molecule has 0 radical (unpaired) electrons. The van der Waals surface area contributed by atoms with Gasteiger partial charge < -0.3 is 5.73 Å². The molecule has 0 bridgehead atoms. The first-order valence-corrected chi connectivity index (χ1v) is 7.31. The van der Waals surface area contributed by atoms with Crippen LogP contribution in [0, 0.1) is 0 Å². The van der Waals surface area contributed by atoms with Crippen molar-refractivity contribution in [2.45, 2.75) is 31.8 Å². The summed E-state index contributed by atoms with van der Waals surface area (Å²) >= 11 is 0. The van der Waals surface area contributed by atoms with Crippen molar-refractivity contribution in [3.63, 3.8) is 0 Å². The lowest BCUT2D eigenvalue weighted by Crippen LogP contribution is -2.28. The minimum atomic E-state index is -2.81. The maximum atomic E-state index is 11.3. The second-order valence-electron chi connectivity index (χ2n) is 4.37. The first-order valence-electron chi connectivity index (χ1n) is 5.49. The van der Waals surface area contributed by atoms with Crippen LogP contribution in [0.5, 0.6) is 0 Å². The zero-order valence-corrected chi connectivity index (χ0v) is 10.2.